The molecule has 31 heavy (non-hydrogen) atoms. The topological polar surface area (TPSA) is 77.4 Å². The summed E-state index contributed by atoms with van der Waals surface area (Å²) >= 11 is 0. The zero-order chi connectivity index (χ0) is 21.5. The van der Waals surface area contributed by atoms with E-state index in [2.05, 4.69) is 23.9 Å². The number of piperidine rings is 1. The third-order valence-corrected chi connectivity index (χ3v) is 6.29. The molecule has 2 atom stereocenters. The molecule has 1 fully saturated rings. The molecular formula is C23H26N6O2. The van der Waals surface area contributed by atoms with Crippen LogP contribution in [-0.2, 0) is 17.9 Å². The lowest BCUT2D eigenvalue weighted by atomic mass is 9.97. The minimum Gasteiger partial charge on any atom is -0.336 e. The number of likely N-dealkylation sites (tertiary alicyclic amines) is 1. The van der Waals surface area contributed by atoms with Crippen LogP contribution in [0, 0.1) is 0 Å². The van der Waals surface area contributed by atoms with Crippen molar-refractivity contribution in [2.75, 3.05) is 0 Å². The van der Waals surface area contributed by atoms with E-state index in [1.54, 1.807) is 10.6 Å². The summed E-state index contributed by atoms with van der Waals surface area (Å²) in [6, 6.07) is 13.7. The van der Waals surface area contributed by atoms with E-state index in [-0.39, 0.29) is 36.8 Å². The minimum absolute atomic E-state index is 0.0645. The second-order valence-electron chi connectivity index (χ2n) is 8.40. The van der Waals surface area contributed by atoms with Crippen LogP contribution in [0.3, 0.4) is 0 Å². The van der Waals surface area contributed by atoms with Gasteiger partial charge in [0.15, 0.2) is 0 Å². The Labute approximate surface area is 179 Å². The Morgan fingerprint density at radius 2 is 1.74 bits per heavy atom. The molecule has 0 radical (unpaired) electrons. The summed E-state index contributed by atoms with van der Waals surface area (Å²) in [6.45, 7) is 4.67. The number of para-hydroxylation sites is 2. The first-order valence-electron chi connectivity index (χ1n) is 10.8. The zero-order valence-electron chi connectivity index (χ0n) is 17.8. The number of aromatic nitrogens is 5. The number of carbonyl (C=O) groups is 1. The first kappa shape index (κ1) is 19.5. The molecule has 0 spiro atoms. The summed E-state index contributed by atoms with van der Waals surface area (Å²) in [7, 11) is 0. The quantitative estimate of drug-likeness (QED) is 0.511. The predicted molar refractivity (Wildman–Crippen MR) is 118 cm³/mol. The largest absolute Gasteiger partial charge is 0.352 e. The molecule has 0 aliphatic carbocycles. The van der Waals surface area contributed by atoms with Crippen LogP contribution in [-0.4, -0.2) is 46.6 Å². The third-order valence-electron chi connectivity index (χ3n) is 6.29. The van der Waals surface area contributed by atoms with Crippen LogP contribution in [0.25, 0.3) is 16.8 Å². The van der Waals surface area contributed by atoms with Gasteiger partial charge in [0.25, 0.3) is 0 Å². The van der Waals surface area contributed by atoms with Gasteiger partial charge in [0.05, 0.1) is 23.3 Å². The monoisotopic (exact) mass is 418 g/mol. The first-order valence-corrected chi connectivity index (χ1v) is 10.8. The van der Waals surface area contributed by atoms with Gasteiger partial charge in [-0.2, -0.15) is 0 Å². The maximum absolute atomic E-state index is 13.3. The van der Waals surface area contributed by atoms with Crippen molar-refractivity contribution in [1.29, 1.82) is 0 Å². The molecule has 4 aromatic rings. The normalized spacial score (nSPS) is 19.4. The van der Waals surface area contributed by atoms with E-state index in [1.807, 2.05) is 51.9 Å². The number of benzene rings is 1. The predicted octanol–water partition coefficient (Wildman–Crippen LogP) is 2.68. The van der Waals surface area contributed by atoms with E-state index < -0.39 is 0 Å². The van der Waals surface area contributed by atoms with Crippen molar-refractivity contribution in [3.8, 4) is 0 Å². The van der Waals surface area contributed by atoms with Crippen LogP contribution in [0.1, 0.15) is 38.8 Å². The maximum atomic E-state index is 13.3. The number of rotatable bonds is 4. The van der Waals surface area contributed by atoms with Gasteiger partial charge in [-0.25, -0.2) is 13.9 Å². The second kappa shape index (κ2) is 7.68. The standard InChI is InChI=1S/C23H26N6O2/c1-16-8-7-9-17(2)28(16)21(30)15-26-19-11-3-4-12-20(19)29-22(26)25-27(23(29)31)14-18-10-5-6-13-24-18/h3-6,10-13,16-17H,7-9,14-15H2,1-2H3. The molecule has 1 aliphatic heterocycles. The fourth-order valence-electron chi connectivity index (χ4n) is 4.80. The molecule has 3 aromatic heterocycles. The summed E-state index contributed by atoms with van der Waals surface area (Å²) in [5.41, 5.74) is 2.11. The van der Waals surface area contributed by atoms with E-state index in [0.29, 0.717) is 5.78 Å². The number of hydrogen-bond donors (Lipinski definition) is 0. The van der Waals surface area contributed by atoms with Crippen LogP contribution >= 0.6 is 0 Å². The molecule has 1 aliphatic rings. The zero-order valence-corrected chi connectivity index (χ0v) is 17.8. The molecule has 0 bridgehead atoms. The maximum Gasteiger partial charge on any atom is 0.352 e. The van der Waals surface area contributed by atoms with E-state index in [9.17, 15) is 9.59 Å². The molecule has 1 aromatic carbocycles. The van der Waals surface area contributed by atoms with Gasteiger partial charge in [0.2, 0.25) is 11.7 Å². The van der Waals surface area contributed by atoms with Gasteiger partial charge in [-0.15, -0.1) is 5.10 Å². The minimum atomic E-state index is -0.234. The van der Waals surface area contributed by atoms with E-state index in [1.165, 1.54) is 4.68 Å². The van der Waals surface area contributed by atoms with Crippen molar-refractivity contribution in [1.82, 2.24) is 28.6 Å². The molecule has 1 amide bonds. The molecule has 8 heteroatoms. The van der Waals surface area contributed by atoms with Crippen molar-refractivity contribution in [2.45, 2.75) is 58.3 Å². The van der Waals surface area contributed by atoms with Gasteiger partial charge in [-0.1, -0.05) is 18.2 Å². The Morgan fingerprint density at radius 1 is 1.03 bits per heavy atom. The van der Waals surface area contributed by atoms with Crippen molar-refractivity contribution >= 4 is 22.7 Å². The van der Waals surface area contributed by atoms with Crippen LogP contribution in [0.2, 0.25) is 0 Å². The molecule has 8 nitrogen and oxygen atoms in total. The van der Waals surface area contributed by atoms with E-state index in [0.717, 1.165) is 36.0 Å². The molecule has 160 valence electrons. The van der Waals surface area contributed by atoms with Crippen LogP contribution in [0.5, 0.6) is 0 Å². The van der Waals surface area contributed by atoms with Crippen LogP contribution in [0.15, 0.2) is 53.5 Å². The molecule has 5 rings (SSSR count). The van der Waals surface area contributed by atoms with Crippen molar-refractivity contribution < 1.29 is 4.79 Å². The summed E-state index contributed by atoms with van der Waals surface area (Å²) < 4.78 is 4.87. The smallest absolute Gasteiger partial charge is 0.336 e. The Morgan fingerprint density at radius 3 is 2.45 bits per heavy atom. The number of pyridine rings is 1. The van der Waals surface area contributed by atoms with Crippen molar-refractivity contribution in [3.05, 3.63) is 64.8 Å². The fourth-order valence-corrected chi connectivity index (χ4v) is 4.80. The van der Waals surface area contributed by atoms with Crippen LogP contribution < -0.4 is 5.69 Å². The highest BCUT2D eigenvalue weighted by atomic mass is 16.2. The highest BCUT2D eigenvalue weighted by molar-refractivity contribution is 5.84. The highest BCUT2D eigenvalue weighted by Gasteiger charge is 2.30. The van der Waals surface area contributed by atoms with Gasteiger partial charge in [-0.3, -0.25) is 14.3 Å². The molecule has 2 unspecified atom stereocenters. The third kappa shape index (κ3) is 3.32. The van der Waals surface area contributed by atoms with E-state index >= 15 is 0 Å². The van der Waals surface area contributed by atoms with Gasteiger partial charge >= 0.3 is 5.69 Å². The molecular weight excluding hydrogens is 392 g/mol. The van der Waals surface area contributed by atoms with Gasteiger partial charge in [0.1, 0.15) is 6.54 Å². The lowest BCUT2D eigenvalue weighted by Gasteiger charge is -2.39. The number of carbonyl (C=O) groups excluding carboxylic acids is 1. The Kier molecular flexibility index (Phi) is 4.84. The van der Waals surface area contributed by atoms with Crippen molar-refractivity contribution in [2.24, 2.45) is 0 Å². The average molecular weight is 419 g/mol. The number of imidazole rings is 1. The lowest BCUT2D eigenvalue weighted by Crippen LogP contribution is -2.48. The summed E-state index contributed by atoms with van der Waals surface area (Å²) in [5, 5.41) is 4.60. The molecule has 0 saturated carbocycles. The van der Waals surface area contributed by atoms with Crippen molar-refractivity contribution in [3.63, 3.8) is 0 Å². The Hall–Kier alpha value is -3.42. The molecule has 0 N–H and O–H groups in total. The SMILES string of the molecule is CC1CCCC(C)N1C(=O)Cn1c2ccccc2n2c(=O)n(Cc3ccccn3)nc12. The van der Waals surface area contributed by atoms with Crippen LogP contribution in [0.4, 0.5) is 0 Å². The highest BCUT2D eigenvalue weighted by Crippen LogP contribution is 2.24. The summed E-state index contributed by atoms with van der Waals surface area (Å²) in [5.74, 6) is 0.544. The first-order chi connectivity index (χ1) is 15.0. The van der Waals surface area contributed by atoms with Gasteiger partial charge < -0.3 is 4.90 Å². The number of nitrogens with zero attached hydrogens (tertiary/aromatic N) is 6. The van der Waals surface area contributed by atoms with E-state index in [4.69, 9.17) is 0 Å². The van der Waals surface area contributed by atoms with Gasteiger partial charge in [-0.05, 0) is 57.4 Å². The molecule has 1 saturated heterocycles. The number of hydrogen-bond acceptors (Lipinski definition) is 4. The summed E-state index contributed by atoms with van der Waals surface area (Å²) in [6.07, 6.45) is 4.90. The second-order valence-corrected chi connectivity index (χ2v) is 8.40. The van der Waals surface area contributed by atoms with Gasteiger partial charge in [0, 0.05) is 18.3 Å². The number of amides is 1. The summed E-state index contributed by atoms with van der Waals surface area (Å²) in [4.78, 5) is 32.8. The fraction of sp³-hybridized carbons (Fsp3) is 0.391. The Balaban J connectivity index is 1.59. The molecule has 4 heterocycles. The average Bonchev–Trinajstić information content (AvgIpc) is 3.24. The number of fused-ring (bicyclic) bond motifs is 3. The Bertz CT molecular complexity index is 1290. The lowest BCUT2D eigenvalue weighted by molar-refractivity contribution is -0.137.